The molecule has 8 heteroatoms. The third-order valence-electron chi connectivity index (χ3n) is 1.82. The topological polar surface area (TPSA) is 55.1 Å². The highest BCUT2D eigenvalue weighted by atomic mass is 32.2. The number of hydrogen-bond donors (Lipinski definition) is 1. The summed E-state index contributed by atoms with van der Waals surface area (Å²) in [5.74, 6) is -0.237. The third-order valence-corrected chi connectivity index (χ3v) is 2.65. The van der Waals surface area contributed by atoms with Gasteiger partial charge in [0.25, 0.3) is 5.22 Å². The molecule has 0 aliphatic carbocycles. The largest absolute Gasteiger partial charge is 0.437 e. The molecule has 0 saturated carbocycles. The molecule has 1 aromatic heterocycles. The van der Waals surface area contributed by atoms with Crippen LogP contribution >= 0.6 is 11.8 Å². The summed E-state index contributed by atoms with van der Waals surface area (Å²) >= 11 is 0.957. The first-order valence-corrected chi connectivity index (χ1v) is 5.67. The van der Waals surface area contributed by atoms with Crippen molar-refractivity contribution in [3.8, 4) is 0 Å². The van der Waals surface area contributed by atoms with Gasteiger partial charge in [-0.15, -0.1) is 0 Å². The number of oxazole rings is 1. The Hall–Kier alpha value is -1.18. The first kappa shape index (κ1) is 13.9. The summed E-state index contributed by atoms with van der Waals surface area (Å²) < 4.78 is 40.5. The molecule has 0 aromatic carbocycles. The van der Waals surface area contributed by atoms with Gasteiger partial charge in [-0.25, -0.2) is 4.98 Å². The maximum absolute atomic E-state index is 11.8. The maximum atomic E-state index is 11.8. The quantitative estimate of drug-likeness (QED) is 0.849. The molecule has 96 valence electrons. The van der Waals surface area contributed by atoms with E-state index in [0.29, 0.717) is 11.5 Å². The lowest BCUT2D eigenvalue weighted by molar-refractivity contribution is -0.136. The Bertz CT molecular complexity index is 384. The van der Waals surface area contributed by atoms with Gasteiger partial charge < -0.3 is 9.73 Å². The van der Waals surface area contributed by atoms with E-state index >= 15 is 0 Å². The molecule has 0 radical (unpaired) electrons. The van der Waals surface area contributed by atoms with Crippen LogP contribution in [0.1, 0.15) is 11.5 Å². The number of rotatable bonds is 4. The lowest BCUT2D eigenvalue weighted by Crippen LogP contribution is -2.34. The standard InChI is InChI=1S/C9H11F3N2O2S/c1-5-6(2)16-8(14-5)17-3-7(15)13-4-9(10,11)12/h3-4H2,1-2H3,(H,13,15). The van der Waals surface area contributed by atoms with Gasteiger partial charge in [0.15, 0.2) is 0 Å². The number of nitrogens with one attached hydrogen (secondary N) is 1. The van der Waals surface area contributed by atoms with E-state index in [1.807, 2.05) is 0 Å². The fraction of sp³-hybridized carbons (Fsp3) is 0.556. The van der Waals surface area contributed by atoms with Crippen LogP contribution in [0, 0.1) is 13.8 Å². The lowest BCUT2D eigenvalue weighted by atomic mass is 10.4. The van der Waals surface area contributed by atoms with Crippen molar-refractivity contribution < 1.29 is 22.4 Å². The van der Waals surface area contributed by atoms with Crippen LogP contribution in [0.5, 0.6) is 0 Å². The van der Waals surface area contributed by atoms with Crippen LogP contribution in [0.4, 0.5) is 13.2 Å². The molecule has 0 bridgehead atoms. The van der Waals surface area contributed by atoms with E-state index in [1.165, 1.54) is 0 Å². The van der Waals surface area contributed by atoms with E-state index in [9.17, 15) is 18.0 Å². The second-order valence-electron chi connectivity index (χ2n) is 3.30. The van der Waals surface area contributed by atoms with Crippen LogP contribution in [0.25, 0.3) is 0 Å². The van der Waals surface area contributed by atoms with Crippen LogP contribution in [0.15, 0.2) is 9.64 Å². The van der Waals surface area contributed by atoms with Crippen molar-refractivity contribution in [3.05, 3.63) is 11.5 Å². The molecule has 0 aliphatic rings. The minimum atomic E-state index is -4.39. The zero-order valence-corrected chi connectivity index (χ0v) is 10.0. The molecule has 0 unspecified atom stereocenters. The minimum absolute atomic E-state index is 0.157. The van der Waals surface area contributed by atoms with Gasteiger partial charge in [0.1, 0.15) is 12.3 Å². The van der Waals surface area contributed by atoms with E-state index in [-0.39, 0.29) is 11.0 Å². The highest BCUT2D eigenvalue weighted by Crippen LogP contribution is 2.19. The smallest absolute Gasteiger partial charge is 0.405 e. The molecule has 17 heavy (non-hydrogen) atoms. The Morgan fingerprint density at radius 3 is 2.59 bits per heavy atom. The Kier molecular flexibility index (Phi) is 4.44. The zero-order chi connectivity index (χ0) is 13.1. The van der Waals surface area contributed by atoms with Crippen LogP contribution < -0.4 is 5.32 Å². The number of aromatic nitrogens is 1. The Morgan fingerprint density at radius 2 is 2.12 bits per heavy atom. The third kappa shape index (κ3) is 5.12. The van der Waals surface area contributed by atoms with Crippen molar-refractivity contribution in [2.75, 3.05) is 12.3 Å². The molecule has 0 aliphatic heterocycles. The van der Waals surface area contributed by atoms with Crippen molar-refractivity contribution in [1.29, 1.82) is 0 Å². The second kappa shape index (κ2) is 5.44. The van der Waals surface area contributed by atoms with Gasteiger partial charge in [-0.05, 0) is 13.8 Å². The predicted octanol–water partition coefficient (Wildman–Crippen LogP) is 2.06. The number of nitrogens with zero attached hydrogens (tertiary/aromatic N) is 1. The van der Waals surface area contributed by atoms with Crippen LogP contribution in [0.3, 0.4) is 0 Å². The predicted molar refractivity (Wildman–Crippen MR) is 55.8 cm³/mol. The summed E-state index contributed by atoms with van der Waals surface area (Å²) in [4.78, 5) is 15.0. The van der Waals surface area contributed by atoms with Gasteiger partial charge in [-0.1, -0.05) is 11.8 Å². The van der Waals surface area contributed by atoms with Crippen molar-refractivity contribution in [1.82, 2.24) is 10.3 Å². The normalized spacial score (nSPS) is 11.6. The lowest BCUT2D eigenvalue weighted by Gasteiger charge is -2.07. The number of thioether (sulfide) groups is 1. The molecule has 1 heterocycles. The Morgan fingerprint density at radius 1 is 1.47 bits per heavy atom. The van der Waals surface area contributed by atoms with Crippen molar-refractivity contribution in [2.45, 2.75) is 25.2 Å². The summed E-state index contributed by atoms with van der Waals surface area (Å²) in [6.45, 7) is 2.14. The summed E-state index contributed by atoms with van der Waals surface area (Å²) in [6.07, 6.45) is -4.39. The molecule has 0 fully saturated rings. The van der Waals surface area contributed by atoms with Gasteiger partial charge >= 0.3 is 6.18 Å². The molecular formula is C9H11F3N2O2S. The Labute approximate surface area is 100.0 Å². The van der Waals surface area contributed by atoms with Crippen molar-refractivity contribution in [2.24, 2.45) is 0 Å². The molecular weight excluding hydrogens is 257 g/mol. The molecule has 4 nitrogen and oxygen atoms in total. The van der Waals surface area contributed by atoms with Crippen molar-refractivity contribution in [3.63, 3.8) is 0 Å². The number of alkyl halides is 3. The molecule has 0 spiro atoms. The average molecular weight is 268 g/mol. The van der Waals surface area contributed by atoms with E-state index in [0.717, 1.165) is 11.8 Å². The number of carbonyl (C=O) groups excluding carboxylic acids is 1. The average Bonchev–Trinajstić information content (AvgIpc) is 2.51. The summed E-state index contributed by atoms with van der Waals surface area (Å²) in [5.41, 5.74) is 0.697. The zero-order valence-electron chi connectivity index (χ0n) is 9.22. The monoisotopic (exact) mass is 268 g/mol. The maximum Gasteiger partial charge on any atom is 0.405 e. The number of amides is 1. The number of halogens is 3. The highest BCUT2D eigenvalue weighted by Gasteiger charge is 2.27. The number of aryl methyl sites for hydroxylation is 2. The highest BCUT2D eigenvalue weighted by molar-refractivity contribution is 7.99. The first-order valence-electron chi connectivity index (χ1n) is 4.68. The fourth-order valence-corrected chi connectivity index (χ4v) is 1.62. The van der Waals surface area contributed by atoms with Gasteiger partial charge in [0.05, 0.1) is 11.4 Å². The van der Waals surface area contributed by atoms with Gasteiger partial charge in [0, 0.05) is 0 Å². The fourth-order valence-electron chi connectivity index (χ4n) is 0.882. The first-order chi connectivity index (χ1) is 7.78. The molecule has 1 amide bonds. The Balaban J connectivity index is 2.33. The summed E-state index contributed by atoms with van der Waals surface area (Å²) in [7, 11) is 0. The molecule has 1 rings (SSSR count). The van der Waals surface area contributed by atoms with Gasteiger partial charge in [0.2, 0.25) is 5.91 Å². The summed E-state index contributed by atoms with van der Waals surface area (Å²) in [5, 5.41) is 2.04. The van der Waals surface area contributed by atoms with E-state index < -0.39 is 18.6 Å². The van der Waals surface area contributed by atoms with Crippen LogP contribution in [0.2, 0.25) is 0 Å². The molecule has 1 aromatic rings. The minimum Gasteiger partial charge on any atom is -0.437 e. The van der Waals surface area contributed by atoms with E-state index in [2.05, 4.69) is 4.98 Å². The summed E-state index contributed by atoms with van der Waals surface area (Å²) in [6, 6.07) is 0. The van der Waals surface area contributed by atoms with Crippen molar-refractivity contribution >= 4 is 17.7 Å². The SMILES string of the molecule is Cc1nc(SCC(=O)NCC(F)(F)F)oc1C. The number of hydrogen-bond acceptors (Lipinski definition) is 4. The van der Waals surface area contributed by atoms with Crippen LogP contribution in [-0.4, -0.2) is 29.4 Å². The van der Waals surface area contributed by atoms with Gasteiger partial charge in [-0.2, -0.15) is 13.2 Å². The van der Waals surface area contributed by atoms with Crippen LogP contribution in [-0.2, 0) is 4.79 Å². The van der Waals surface area contributed by atoms with E-state index in [4.69, 9.17) is 4.42 Å². The number of carbonyl (C=O) groups is 1. The molecule has 0 saturated heterocycles. The van der Waals surface area contributed by atoms with E-state index in [1.54, 1.807) is 19.2 Å². The van der Waals surface area contributed by atoms with Gasteiger partial charge in [-0.3, -0.25) is 4.79 Å². The molecule has 0 atom stereocenters. The molecule has 1 N–H and O–H groups in total. The second-order valence-corrected chi connectivity index (χ2v) is 4.23.